The van der Waals surface area contributed by atoms with E-state index >= 15 is 0 Å². The Morgan fingerprint density at radius 2 is 1.19 bits per heavy atom. The zero-order valence-corrected chi connectivity index (χ0v) is 23.4. The molecular formula is C25H40N10O8. The van der Waals surface area contributed by atoms with Gasteiger partial charge in [-0.1, -0.05) is 12.1 Å². The van der Waals surface area contributed by atoms with Crippen molar-refractivity contribution in [2.24, 2.45) is 38.7 Å². The minimum atomic E-state index is -1.63. The minimum Gasteiger partial charge on any atom is -0.508 e. The standard InChI is InChI=1S/C25H40N10O8/c26-15(11-13-5-7-14(36)8-6-13)20(39)35-18(12-19(37)38)22(41)33-16(3-1-9-31-24(27)28)21(40)34-17(23(42)43)4-2-10-32-25(29)30/h5-8,15-18,36H,1-4,9-12,26H2,(H,33,41)(H,34,40)(H,35,39)(H,37,38)(H,42,43)(H4,27,28,31)(H4,29,30,32). The van der Waals surface area contributed by atoms with Crippen LogP contribution in [-0.4, -0.2) is 94.2 Å². The Kier molecular flexibility index (Phi) is 15.3. The van der Waals surface area contributed by atoms with E-state index in [-0.39, 0.29) is 62.9 Å². The predicted octanol–water partition coefficient (Wildman–Crippen LogP) is -3.62. The van der Waals surface area contributed by atoms with Gasteiger partial charge in [0.25, 0.3) is 0 Å². The smallest absolute Gasteiger partial charge is 0.326 e. The number of nitrogens with zero attached hydrogens (tertiary/aromatic N) is 2. The summed E-state index contributed by atoms with van der Waals surface area (Å²) in [5, 5.41) is 35.3. The molecule has 18 nitrogen and oxygen atoms in total. The first kappa shape index (κ1) is 35.9. The van der Waals surface area contributed by atoms with Crippen LogP contribution in [0.5, 0.6) is 5.75 Å². The van der Waals surface area contributed by atoms with Crippen LogP contribution in [0.4, 0.5) is 0 Å². The van der Waals surface area contributed by atoms with Crippen molar-refractivity contribution in [1.29, 1.82) is 0 Å². The van der Waals surface area contributed by atoms with Gasteiger partial charge in [-0.25, -0.2) is 4.79 Å². The molecule has 16 N–H and O–H groups in total. The summed E-state index contributed by atoms with van der Waals surface area (Å²) >= 11 is 0. The number of phenolic OH excluding ortho intramolecular Hbond substituents is 1. The lowest BCUT2D eigenvalue weighted by Gasteiger charge is -2.24. The van der Waals surface area contributed by atoms with Crippen LogP contribution < -0.4 is 44.6 Å². The molecule has 0 aromatic heterocycles. The molecule has 18 heteroatoms. The summed E-state index contributed by atoms with van der Waals surface area (Å²) in [5.41, 5.74) is 27.7. The van der Waals surface area contributed by atoms with Gasteiger partial charge in [0.1, 0.15) is 23.9 Å². The molecule has 0 aliphatic rings. The number of rotatable bonds is 19. The van der Waals surface area contributed by atoms with E-state index in [2.05, 4.69) is 25.9 Å². The number of carboxylic acid groups (broad SMARTS) is 2. The molecular weight excluding hydrogens is 568 g/mol. The van der Waals surface area contributed by atoms with E-state index < -0.39 is 60.2 Å². The third-order valence-electron chi connectivity index (χ3n) is 5.88. The fraction of sp³-hybridized carbons (Fsp3) is 0.480. The van der Waals surface area contributed by atoms with E-state index in [4.69, 9.17) is 28.7 Å². The molecule has 43 heavy (non-hydrogen) atoms. The summed E-state index contributed by atoms with van der Waals surface area (Å²) in [6.45, 7) is 0.191. The highest BCUT2D eigenvalue weighted by molar-refractivity contribution is 5.95. The summed E-state index contributed by atoms with van der Waals surface area (Å²) in [6.07, 6.45) is -0.539. The highest BCUT2D eigenvalue weighted by atomic mass is 16.4. The largest absolute Gasteiger partial charge is 0.508 e. The Hall–Kier alpha value is -5.13. The van der Waals surface area contributed by atoms with Crippen molar-refractivity contribution in [3.63, 3.8) is 0 Å². The van der Waals surface area contributed by atoms with Crippen LogP contribution in [0.3, 0.4) is 0 Å². The monoisotopic (exact) mass is 608 g/mol. The molecule has 0 saturated heterocycles. The molecule has 1 aromatic rings. The van der Waals surface area contributed by atoms with Crippen molar-refractivity contribution in [2.75, 3.05) is 13.1 Å². The van der Waals surface area contributed by atoms with Gasteiger partial charge in [0.05, 0.1) is 12.5 Å². The molecule has 0 aliphatic heterocycles. The molecule has 0 fully saturated rings. The van der Waals surface area contributed by atoms with Gasteiger partial charge in [-0.05, 0) is 49.8 Å². The van der Waals surface area contributed by atoms with Gasteiger partial charge in [0.2, 0.25) is 17.7 Å². The summed E-state index contributed by atoms with van der Waals surface area (Å²) in [6, 6.07) is 0.379. The summed E-state index contributed by atoms with van der Waals surface area (Å²) in [5.74, 6) is -5.87. The van der Waals surface area contributed by atoms with Gasteiger partial charge >= 0.3 is 11.9 Å². The fourth-order valence-electron chi connectivity index (χ4n) is 3.72. The molecule has 0 aliphatic carbocycles. The van der Waals surface area contributed by atoms with Crippen molar-refractivity contribution in [3.05, 3.63) is 29.8 Å². The number of aliphatic carboxylic acids is 2. The fourth-order valence-corrected chi connectivity index (χ4v) is 3.72. The number of carboxylic acids is 2. The number of phenols is 1. The van der Waals surface area contributed by atoms with Crippen LogP contribution in [0, 0.1) is 0 Å². The zero-order chi connectivity index (χ0) is 32.5. The second kappa shape index (κ2) is 18.3. The lowest BCUT2D eigenvalue weighted by molar-refractivity contribution is -0.143. The molecule has 0 saturated carbocycles. The lowest BCUT2D eigenvalue weighted by atomic mass is 10.0. The van der Waals surface area contributed by atoms with Crippen LogP contribution in [0.25, 0.3) is 0 Å². The van der Waals surface area contributed by atoms with Crippen LogP contribution in [0.1, 0.15) is 37.7 Å². The first-order valence-corrected chi connectivity index (χ1v) is 13.2. The molecule has 4 atom stereocenters. The van der Waals surface area contributed by atoms with Gasteiger partial charge in [0.15, 0.2) is 11.9 Å². The van der Waals surface area contributed by atoms with Crippen molar-refractivity contribution in [2.45, 2.75) is 62.7 Å². The van der Waals surface area contributed by atoms with Crippen LogP contribution in [-0.2, 0) is 30.4 Å². The second-order valence-electron chi connectivity index (χ2n) is 9.49. The number of aliphatic imine (C=N–C) groups is 2. The molecule has 1 rings (SSSR count). The van der Waals surface area contributed by atoms with Crippen LogP contribution >= 0.6 is 0 Å². The molecule has 4 unspecified atom stereocenters. The number of guanidine groups is 2. The number of hydrogen-bond donors (Lipinski definition) is 11. The highest BCUT2D eigenvalue weighted by Gasteiger charge is 2.31. The number of carbonyl (C=O) groups excluding carboxylic acids is 3. The first-order chi connectivity index (χ1) is 20.2. The number of benzene rings is 1. The van der Waals surface area contributed by atoms with Crippen molar-refractivity contribution >= 4 is 41.6 Å². The van der Waals surface area contributed by atoms with Gasteiger partial charge in [-0.15, -0.1) is 0 Å². The summed E-state index contributed by atoms with van der Waals surface area (Å²) < 4.78 is 0. The third kappa shape index (κ3) is 14.9. The topological polar surface area (TPSA) is 337 Å². The zero-order valence-electron chi connectivity index (χ0n) is 23.4. The Labute approximate surface area is 247 Å². The number of nitrogens with one attached hydrogen (secondary N) is 3. The average molecular weight is 609 g/mol. The van der Waals surface area contributed by atoms with Gasteiger partial charge < -0.3 is 59.9 Å². The van der Waals surface area contributed by atoms with Gasteiger partial charge in [0, 0.05) is 13.1 Å². The van der Waals surface area contributed by atoms with E-state index in [1.165, 1.54) is 12.1 Å². The highest BCUT2D eigenvalue weighted by Crippen LogP contribution is 2.11. The third-order valence-corrected chi connectivity index (χ3v) is 5.88. The van der Waals surface area contributed by atoms with Gasteiger partial charge in [-0.2, -0.15) is 0 Å². The quantitative estimate of drug-likeness (QED) is 0.0411. The van der Waals surface area contributed by atoms with Gasteiger partial charge in [-0.3, -0.25) is 29.2 Å². The molecule has 0 spiro atoms. The second-order valence-corrected chi connectivity index (χ2v) is 9.49. The maximum Gasteiger partial charge on any atom is 0.326 e. The average Bonchev–Trinajstić information content (AvgIpc) is 2.91. The lowest BCUT2D eigenvalue weighted by Crippen LogP contribution is -2.57. The SMILES string of the molecule is NC(N)=NCCCC(NC(=O)C(CCCN=C(N)N)NC(=O)C(CC(=O)O)NC(=O)C(N)Cc1ccc(O)cc1)C(=O)O. The van der Waals surface area contributed by atoms with Crippen molar-refractivity contribution < 1.29 is 39.3 Å². The van der Waals surface area contributed by atoms with Crippen LogP contribution in [0.2, 0.25) is 0 Å². The number of carbonyl (C=O) groups is 5. The van der Waals surface area contributed by atoms with E-state index in [1.807, 2.05) is 0 Å². The maximum absolute atomic E-state index is 13.1. The number of nitrogens with two attached hydrogens (primary N) is 5. The van der Waals surface area contributed by atoms with E-state index in [9.17, 15) is 39.3 Å². The Morgan fingerprint density at radius 3 is 1.67 bits per heavy atom. The molecule has 238 valence electrons. The number of amides is 3. The predicted molar refractivity (Wildman–Crippen MR) is 155 cm³/mol. The molecule has 0 heterocycles. The summed E-state index contributed by atoms with van der Waals surface area (Å²) in [4.78, 5) is 69.7. The normalized spacial score (nSPS) is 13.3. The number of hydrogen-bond acceptors (Lipinski definition) is 9. The Bertz CT molecular complexity index is 1170. The maximum atomic E-state index is 13.1. The van der Waals surface area contributed by atoms with Crippen molar-refractivity contribution in [3.8, 4) is 5.75 Å². The molecule has 0 radical (unpaired) electrons. The first-order valence-electron chi connectivity index (χ1n) is 13.2. The molecule has 3 amide bonds. The Morgan fingerprint density at radius 1 is 0.721 bits per heavy atom. The summed E-state index contributed by atoms with van der Waals surface area (Å²) in [7, 11) is 0. The Balaban J connectivity index is 3.03. The van der Waals surface area contributed by atoms with E-state index in [0.717, 1.165) is 0 Å². The van der Waals surface area contributed by atoms with Crippen LogP contribution in [0.15, 0.2) is 34.3 Å². The minimum absolute atomic E-state index is 0.0116. The van der Waals surface area contributed by atoms with E-state index in [1.54, 1.807) is 12.1 Å². The van der Waals surface area contributed by atoms with E-state index in [0.29, 0.717) is 5.56 Å². The van der Waals surface area contributed by atoms with Crippen molar-refractivity contribution in [1.82, 2.24) is 16.0 Å². The molecule has 0 bridgehead atoms. The molecule has 1 aromatic carbocycles. The number of aromatic hydroxyl groups is 1.